The van der Waals surface area contributed by atoms with Crippen LogP contribution in [0.3, 0.4) is 0 Å². The van der Waals surface area contributed by atoms with Gasteiger partial charge in [-0.3, -0.25) is 4.79 Å². The SMILES string of the molecule is COc1ccccc1C[NH2+]Cc1nc2scc(-c3ccc(Cl)cc3)c2c(=O)[nH]1. The van der Waals surface area contributed by atoms with Crippen LogP contribution in [0.4, 0.5) is 0 Å². The molecule has 0 saturated carbocycles. The number of methoxy groups -OCH3 is 1. The van der Waals surface area contributed by atoms with Crippen LogP contribution >= 0.6 is 22.9 Å². The molecule has 2 aromatic heterocycles. The zero-order valence-electron chi connectivity index (χ0n) is 15.2. The number of fused-ring (bicyclic) bond motifs is 1. The topological polar surface area (TPSA) is 71.6 Å². The van der Waals surface area contributed by atoms with Crippen LogP contribution in [0.5, 0.6) is 5.75 Å². The van der Waals surface area contributed by atoms with E-state index in [0.717, 1.165) is 33.8 Å². The number of para-hydroxylation sites is 1. The second kappa shape index (κ2) is 8.14. The van der Waals surface area contributed by atoms with E-state index in [1.165, 1.54) is 11.3 Å². The number of quaternary nitrogens is 1. The van der Waals surface area contributed by atoms with Crippen molar-refractivity contribution in [3.05, 3.63) is 80.7 Å². The molecule has 0 spiro atoms. The zero-order chi connectivity index (χ0) is 19.5. The molecule has 7 heteroatoms. The number of aromatic nitrogens is 2. The van der Waals surface area contributed by atoms with Gasteiger partial charge >= 0.3 is 0 Å². The van der Waals surface area contributed by atoms with Gasteiger partial charge < -0.3 is 15.0 Å². The summed E-state index contributed by atoms with van der Waals surface area (Å²) in [5.74, 6) is 1.53. The summed E-state index contributed by atoms with van der Waals surface area (Å²) in [4.78, 5) is 21.0. The molecule has 2 heterocycles. The highest BCUT2D eigenvalue weighted by Gasteiger charge is 2.14. The number of benzene rings is 2. The molecule has 0 amide bonds. The van der Waals surface area contributed by atoms with Crippen molar-refractivity contribution in [3.63, 3.8) is 0 Å². The molecule has 0 aliphatic heterocycles. The Hall–Kier alpha value is -2.67. The number of hydrogen-bond donors (Lipinski definition) is 2. The fraction of sp³-hybridized carbons (Fsp3) is 0.143. The number of hydrogen-bond acceptors (Lipinski definition) is 4. The number of halogens is 1. The quantitative estimate of drug-likeness (QED) is 0.508. The van der Waals surface area contributed by atoms with Gasteiger partial charge in [0.25, 0.3) is 5.56 Å². The third-order valence-electron chi connectivity index (χ3n) is 4.54. The number of thiophene rings is 1. The van der Waals surface area contributed by atoms with Gasteiger partial charge in [-0.05, 0) is 29.8 Å². The zero-order valence-corrected chi connectivity index (χ0v) is 16.8. The molecule has 0 aliphatic carbocycles. The highest BCUT2D eigenvalue weighted by Crippen LogP contribution is 2.31. The van der Waals surface area contributed by atoms with Crippen molar-refractivity contribution in [1.29, 1.82) is 0 Å². The maximum absolute atomic E-state index is 12.7. The predicted octanol–water partition coefficient (Wildman–Crippen LogP) is 3.58. The van der Waals surface area contributed by atoms with Crippen LogP contribution in [0.15, 0.2) is 58.7 Å². The second-order valence-electron chi connectivity index (χ2n) is 6.36. The molecule has 4 aromatic rings. The Bertz CT molecular complexity index is 1170. The third-order valence-corrected chi connectivity index (χ3v) is 5.67. The van der Waals surface area contributed by atoms with Gasteiger partial charge in [0.15, 0.2) is 5.82 Å². The third kappa shape index (κ3) is 3.80. The van der Waals surface area contributed by atoms with Crippen molar-refractivity contribution in [3.8, 4) is 16.9 Å². The van der Waals surface area contributed by atoms with Crippen molar-refractivity contribution >= 4 is 33.2 Å². The molecule has 28 heavy (non-hydrogen) atoms. The van der Waals surface area contributed by atoms with Crippen LogP contribution in [0.1, 0.15) is 11.4 Å². The number of H-pyrrole nitrogens is 1. The highest BCUT2D eigenvalue weighted by molar-refractivity contribution is 7.17. The largest absolute Gasteiger partial charge is 0.496 e. The monoisotopic (exact) mass is 412 g/mol. The number of nitrogens with zero attached hydrogens (tertiary/aromatic N) is 1. The van der Waals surface area contributed by atoms with E-state index in [-0.39, 0.29) is 5.56 Å². The first-order valence-corrected chi connectivity index (χ1v) is 10.1. The molecule has 2 aromatic carbocycles. The predicted molar refractivity (Wildman–Crippen MR) is 113 cm³/mol. The molecule has 0 radical (unpaired) electrons. The van der Waals surface area contributed by atoms with Gasteiger partial charge in [0.05, 0.1) is 12.5 Å². The summed E-state index contributed by atoms with van der Waals surface area (Å²) in [6, 6.07) is 15.4. The van der Waals surface area contributed by atoms with Crippen LogP contribution in [0.25, 0.3) is 21.3 Å². The van der Waals surface area contributed by atoms with Crippen LogP contribution in [0.2, 0.25) is 5.02 Å². The van der Waals surface area contributed by atoms with Crippen molar-refractivity contribution in [1.82, 2.24) is 9.97 Å². The lowest BCUT2D eigenvalue weighted by atomic mass is 10.1. The van der Waals surface area contributed by atoms with Crippen LogP contribution in [-0.4, -0.2) is 17.1 Å². The summed E-state index contributed by atoms with van der Waals surface area (Å²) in [6.07, 6.45) is 0. The van der Waals surface area contributed by atoms with E-state index in [4.69, 9.17) is 16.3 Å². The van der Waals surface area contributed by atoms with E-state index in [0.29, 0.717) is 22.8 Å². The Morgan fingerprint density at radius 3 is 2.71 bits per heavy atom. The Labute approximate surface area is 171 Å². The van der Waals surface area contributed by atoms with Crippen molar-refractivity contribution in [2.24, 2.45) is 0 Å². The van der Waals surface area contributed by atoms with Gasteiger partial charge in [0, 0.05) is 21.5 Å². The van der Waals surface area contributed by atoms with Crippen molar-refractivity contribution < 1.29 is 10.1 Å². The van der Waals surface area contributed by atoms with E-state index in [1.807, 2.05) is 53.9 Å². The van der Waals surface area contributed by atoms with E-state index < -0.39 is 0 Å². The minimum Gasteiger partial charge on any atom is -0.496 e. The smallest absolute Gasteiger partial charge is 0.260 e. The number of rotatable bonds is 6. The first-order valence-electron chi connectivity index (χ1n) is 8.85. The first kappa shape index (κ1) is 18.7. The minimum absolute atomic E-state index is 0.114. The van der Waals surface area contributed by atoms with Gasteiger partial charge in [-0.25, -0.2) is 4.98 Å². The lowest BCUT2D eigenvalue weighted by Crippen LogP contribution is -2.81. The van der Waals surface area contributed by atoms with Crippen LogP contribution in [0, 0.1) is 0 Å². The van der Waals surface area contributed by atoms with E-state index >= 15 is 0 Å². The van der Waals surface area contributed by atoms with Gasteiger partial charge in [0.2, 0.25) is 0 Å². The van der Waals surface area contributed by atoms with Gasteiger partial charge in [-0.1, -0.05) is 35.9 Å². The molecule has 5 nitrogen and oxygen atoms in total. The average Bonchev–Trinajstić information content (AvgIpc) is 3.13. The summed E-state index contributed by atoms with van der Waals surface area (Å²) >= 11 is 7.45. The van der Waals surface area contributed by atoms with Crippen molar-refractivity contribution in [2.45, 2.75) is 13.1 Å². The summed E-state index contributed by atoms with van der Waals surface area (Å²) in [5.41, 5.74) is 2.83. The Kier molecular flexibility index (Phi) is 5.43. The number of ether oxygens (including phenoxy) is 1. The summed E-state index contributed by atoms with van der Waals surface area (Å²) in [6.45, 7) is 1.32. The average molecular weight is 413 g/mol. The summed E-state index contributed by atoms with van der Waals surface area (Å²) in [5, 5.41) is 5.36. The number of aromatic amines is 1. The van der Waals surface area contributed by atoms with Gasteiger partial charge in [-0.15, -0.1) is 11.3 Å². The number of nitrogens with one attached hydrogen (secondary N) is 1. The molecule has 0 saturated heterocycles. The Morgan fingerprint density at radius 2 is 1.93 bits per heavy atom. The first-order chi connectivity index (χ1) is 13.7. The molecule has 0 fully saturated rings. The molecule has 0 unspecified atom stereocenters. The molecule has 0 aliphatic rings. The molecule has 142 valence electrons. The van der Waals surface area contributed by atoms with Gasteiger partial charge in [-0.2, -0.15) is 0 Å². The fourth-order valence-electron chi connectivity index (χ4n) is 3.17. The fourth-order valence-corrected chi connectivity index (χ4v) is 4.26. The lowest BCUT2D eigenvalue weighted by molar-refractivity contribution is -0.687. The van der Waals surface area contributed by atoms with Crippen LogP contribution < -0.4 is 15.6 Å². The summed E-state index contributed by atoms with van der Waals surface area (Å²) < 4.78 is 5.38. The molecular weight excluding hydrogens is 394 g/mol. The van der Waals surface area contributed by atoms with E-state index in [9.17, 15) is 4.79 Å². The second-order valence-corrected chi connectivity index (χ2v) is 7.65. The molecule has 0 atom stereocenters. The van der Waals surface area contributed by atoms with Crippen LogP contribution in [-0.2, 0) is 13.1 Å². The normalized spacial score (nSPS) is 11.1. The highest BCUT2D eigenvalue weighted by atomic mass is 35.5. The molecule has 0 bridgehead atoms. The molecule has 4 rings (SSSR count). The maximum Gasteiger partial charge on any atom is 0.260 e. The summed E-state index contributed by atoms with van der Waals surface area (Å²) in [7, 11) is 1.67. The van der Waals surface area contributed by atoms with E-state index in [2.05, 4.69) is 15.3 Å². The standard InChI is InChI=1S/C21H18ClN3O2S/c1-27-17-5-3-2-4-14(17)10-23-11-18-24-20(26)19-16(12-28-21(19)25-18)13-6-8-15(22)9-7-13/h2-9,12,23H,10-11H2,1H3,(H,24,25,26)/p+1. The molecule has 3 N–H and O–H groups in total. The van der Waals surface area contributed by atoms with E-state index in [1.54, 1.807) is 7.11 Å². The number of nitrogens with two attached hydrogens (primary N) is 1. The Balaban J connectivity index is 1.55. The Morgan fingerprint density at radius 1 is 1.14 bits per heavy atom. The van der Waals surface area contributed by atoms with Gasteiger partial charge in [0.1, 0.15) is 23.7 Å². The lowest BCUT2D eigenvalue weighted by Gasteiger charge is -2.07. The van der Waals surface area contributed by atoms with Crippen molar-refractivity contribution in [2.75, 3.05) is 7.11 Å². The molecular formula is C21H19ClN3O2S+. The minimum atomic E-state index is -0.114. The maximum atomic E-state index is 12.7.